The van der Waals surface area contributed by atoms with Crippen LogP contribution in [0.5, 0.6) is 0 Å². The average Bonchev–Trinajstić information content (AvgIpc) is 2.37. The van der Waals surface area contributed by atoms with Gasteiger partial charge in [0.1, 0.15) is 5.82 Å². The first-order valence-electron chi connectivity index (χ1n) is 5.07. The van der Waals surface area contributed by atoms with Crippen LogP contribution in [0.1, 0.15) is 5.82 Å². The molecule has 1 aromatic carbocycles. The summed E-state index contributed by atoms with van der Waals surface area (Å²) in [6.07, 6.45) is -3.84. The van der Waals surface area contributed by atoms with E-state index in [0.29, 0.717) is 5.39 Å². The Hall–Kier alpha value is -1.92. The van der Waals surface area contributed by atoms with Crippen LogP contribution < -0.4 is 5.32 Å². The summed E-state index contributed by atoms with van der Waals surface area (Å²) in [6, 6.07) is 6.34. The lowest BCUT2D eigenvalue weighted by molar-refractivity contribution is -0.140. The first kappa shape index (κ1) is 12.5. The normalized spacial score (nSPS) is 12.1. The predicted molar refractivity (Wildman–Crippen MR) is 59.0 cm³/mol. The van der Waals surface area contributed by atoms with Crippen molar-refractivity contribution in [2.24, 2.45) is 0 Å². The molecule has 0 aliphatic rings. The van der Waals surface area contributed by atoms with E-state index in [-0.39, 0.29) is 11.3 Å². The van der Waals surface area contributed by atoms with Gasteiger partial charge in [-0.25, -0.2) is 18.7 Å². The second-order valence-corrected chi connectivity index (χ2v) is 3.59. The molecule has 0 radical (unpaired) electrons. The highest BCUT2D eigenvalue weighted by Gasteiger charge is 2.46. The highest BCUT2D eigenvalue weighted by Crippen LogP contribution is 2.34. The number of anilines is 1. The molecule has 0 aliphatic heterocycles. The molecule has 0 amide bonds. The minimum Gasteiger partial charge on any atom is -0.373 e. The van der Waals surface area contributed by atoms with Crippen molar-refractivity contribution in [3.05, 3.63) is 30.1 Å². The number of nitrogens with zero attached hydrogens (tertiary/aromatic N) is 2. The van der Waals surface area contributed by atoms with E-state index >= 15 is 0 Å². The van der Waals surface area contributed by atoms with Gasteiger partial charge in [0.05, 0.1) is 5.52 Å². The summed E-state index contributed by atoms with van der Waals surface area (Å²) in [5, 5.41) is 3.09. The number of aromatic nitrogens is 2. The predicted octanol–water partition coefficient (Wildman–Crippen LogP) is 3.03. The number of hydrogen-bond acceptors (Lipinski definition) is 3. The van der Waals surface area contributed by atoms with Gasteiger partial charge in [-0.05, 0) is 12.1 Å². The maximum Gasteiger partial charge on any atom is 0.365 e. The Morgan fingerprint density at radius 1 is 1.17 bits per heavy atom. The van der Waals surface area contributed by atoms with Gasteiger partial charge >= 0.3 is 12.3 Å². The summed E-state index contributed by atoms with van der Waals surface area (Å²) in [6.45, 7) is 0. The minimum atomic E-state index is -4.37. The lowest BCUT2D eigenvalue weighted by Gasteiger charge is -2.15. The average molecular weight is 259 g/mol. The number of fused-ring (bicyclic) bond motifs is 1. The molecule has 18 heavy (non-hydrogen) atoms. The van der Waals surface area contributed by atoms with E-state index in [1.54, 1.807) is 18.2 Å². The summed E-state index contributed by atoms with van der Waals surface area (Å²) >= 11 is 0. The zero-order chi connectivity index (χ0) is 13.3. The number of hydrogen-bond donors (Lipinski definition) is 1. The van der Waals surface area contributed by atoms with E-state index < -0.39 is 18.2 Å². The number of alkyl halides is 4. The molecule has 7 heteroatoms. The van der Waals surface area contributed by atoms with E-state index in [1.807, 2.05) is 0 Å². The van der Waals surface area contributed by atoms with Crippen LogP contribution >= 0.6 is 0 Å². The van der Waals surface area contributed by atoms with E-state index in [9.17, 15) is 17.6 Å². The van der Waals surface area contributed by atoms with Gasteiger partial charge in [0, 0.05) is 12.4 Å². The van der Waals surface area contributed by atoms with Gasteiger partial charge in [0.15, 0.2) is 0 Å². The van der Waals surface area contributed by atoms with Gasteiger partial charge in [-0.1, -0.05) is 12.1 Å². The quantitative estimate of drug-likeness (QED) is 0.861. The number of halogens is 4. The maximum absolute atomic E-state index is 13.2. The summed E-state index contributed by atoms with van der Waals surface area (Å²) in [5.74, 6) is -5.45. The maximum atomic E-state index is 13.2. The van der Waals surface area contributed by atoms with Gasteiger partial charge in [-0.15, -0.1) is 0 Å². The van der Waals surface area contributed by atoms with Crippen molar-refractivity contribution in [2.45, 2.75) is 12.3 Å². The Balaban J connectivity index is 2.68. The van der Waals surface area contributed by atoms with Gasteiger partial charge in [-0.3, -0.25) is 0 Å². The van der Waals surface area contributed by atoms with Crippen LogP contribution in [0.15, 0.2) is 24.3 Å². The third kappa shape index (κ3) is 1.96. The highest BCUT2D eigenvalue weighted by molar-refractivity contribution is 5.88. The smallest absolute Gasteiger partial charge is 0.365 e. The molecule has 0 atom stereocenters. The first-order chi connectivity index (χ1) is 8.46. The molecule has 0 saturated carbocycles. The Labute approximate surface area is 99.9 Å². The van der Waals surface area contributed by atoms with E-state index in [4.69, 9.17) is 0 Å². The molecule has 0 fully saturated rings. The van der Waals surface area contributed by atoms with E-state index in [0.717, 1.165) is 0 Å². The van der Waals surface area contributed by atoms with Crippen LogP contribution in [0.4, 0.5) is 23.4 Å². The molecule has 2 rings (SSSR count). The molecule has 0 saturated heterocycles. The van der Waals surface area contributed by atoms with Crippen LogP contribution in [0.25, 0.3) is 10.9 Å². The fourth-order valence-corrected chi connectivity index (χ4v) is 1.51. The van der Waals surface area contributed by atoms with Crippen molar-refractivity contribution in [1.82, 2.24) is 9.97 Å². The molecule has 3 nitrogen and oxygen atoms in total. The summed E-state index contributed by atoms with van der Waals surface area (Å²) in [4.78, 5) is 6.96. The van der Waals surface area contributed by atoms with E-state index in [2.05, 4.69) is 15.3 Å². The number of para-hydroxylation sites is 1. The third-order valence-corrected chi connectivity index (χ3v) is 2.41. The zero-order valence-corrected chi connectivity index (χ0v) is 9.29. The van der Waals surface area contributed by atoms with Gasteiger partial charge < -0.3 is 5.32 Å². The molecule has 2 aromatic rings. The van der Waals surface area contributed by atoms with Crippen molar-refractivity contribution in [3.8, 4) is 0 Å². The Bertz CT molecular complexity index is 571. The fourth-order valence-electron chi connectivity index (χ4n) is 1.51. The fraction of sp³-hybridized carbons (Fsp3) is 0.273. The molecule has 1 N–H and O–H groups in total. The van der Waals surface area contributed by atoms with Gasteiger partial charge in [-0.2, -0.15) is 8.78 Å². The van der Waals surface area contributed by atoms with Crippen LogP contribution in [0.3, 0.4) is 0 Å². The lowest BCUT2D eigenvalue weighted by Crippen LogP contribution is -2.26. The molecular weight excluding hydrogens is 250 g/mol. The molecule has 0 bridgehead atoms. The molecule has 96 valence electrons. The van der Waals surface area contributed by atoms with Crippen LogP contribution in [-0.2, 0) is 5.92 Å². The van der Waals surface area contributed by atoms with Crippen LogP contribution in [-0.4, -0.2) is 23.4 Å². The molecule has 0 spiro atoms. The Morgan fingerprint density at radius 3 is 2.44 bits per heavy atom. The summed E-state index contributed by atoms with van der Waals surface area (Å²) in [5.41, 5.74) is 0.187. The molecule has 1 aromatic heterocycles. The van der Waals surface area contributed by atoms with Crippen molar-refractivity contribution < 1.29 is 17.6 Å². The highest BCUT2D eigenvalue weighted by atomic mass is 19.3. The summed E-state index contributed by atoms with van der Waals surface area (Å²) in [7, 11) is 1.47. The molecule has 0 aliphatic carbocycles. The standard InChI is InChI=1S/C11H9F4N3/c1-16-8-6-4-2-3-5-7(6)17-10(18-8)11(14,15)9(12)13/h2-5,9H,1H3,(H,16,17,18). The lowest BCUT2D eigenvalue weighted by atomic mass is 10.2. The van der Waals surface area contributed by atoms with Crippen molar-refractivity contribution in [2.75, 3.05) is 12.4 Å². The number of nitrogens with one attached hydrogen (secondary N) is 1. The molecule has 1 heterocycles. The zero-order valence-electron chi connectivity index (χ0n) is 9.29. The van der Waals surface area contributed by atoms with Gasteiger partial charge in [0.25, 0.3) is 0 Å². The van der Waals surface area contributed by atoms with Gasteiger partial charge in [0.2, 0.25) is 5.82 Å². The first-order valence-corrected chi connectivity index (χ1v) is 5.07. The van der Waals surface area contributed by atoms with Crippen LogP contribution in [0, 0.1) is 0 Å². The Morgan fingerprint density at radius 2 is 1.83 bits per heavy atom. The molecular formula is C11H9F4N3. The molecule has 0 unspecified atom stereocenters. The number of benzene rings is 1. The number of rotatable bonds is 3. The summed E-state index contributed by atoms with van der Waals surface area (Å²) < 4.78 is 51.0. The largest absolute Gasteiger partial charge is 0.373 e. The second kappa shape index (κ2) is 4.40. The Kier molecular flexibility index (Phi) is 3.06. The minimum absolute atomic E-state index is 0.0934. The monoisotopic (exact) mass is 259 g/mol. The second-order valence-electron chi connectivity index (χ2n) is 3.59. The topological polar surface area (TPSA) is 37.8 Å². The van der Waals surface area contributed by atoms with E-state index in [1.165, 1.54) is 13.1 Å². The SMILES string of the molecule is CNc1nc(C(F)(F)C(F)F)nc2ccccc12. The third-order valence-electron chi connectivity index (χ3n) is 2.41. The van der Waals surface area contributed by atoms with Crippen molar-refractivity contribution in [3.63, 3.8) is 0 Å². The van der Waals surface area contributed by atoms with Crippen molar-refractivity contribution >= 4 is 16.7 Å². The van der Waals surface area contributed by atoms with Crippen LogP contribution in [0.2, 0.25) is 0 Å². The van der Waals surface area contributed by atoms with Crippen molar-refractivity contribution in [1.29, 1.82) is 0 Å².